The van der Waals surface area contributed by atoms with Crippen LogP contribution in [0.15, 0.2) is 36.4 Å². The van der Waals surface area contributed by atoms with Gasteiger partial charge in [0.2, 0.25) is 0 Å². The summed E-state index contributed by atoms with van der Waals surface area (Å²) in [6, 6.07) is 8.95. The van der Waals surface area contributed by atoms with Gasteiger partial charge >= 0.3 is 5.97 Å². The topological polar surface area (TPSA) is 40.5 Å². The quantitative estimate of drug-likeness (QED) is 0.828. The maximum absolute atomic E-state index is 11.3. The molecule has 20 heavy (non-hydrogen) atoms. The standard InChI is InChI=1S/C17H17NO2/c19-17(20)11-8-9-16-13-5-2-1-4-12(13)14-6-3-7-15(14)18(16)10-11/h1-2,4-5,8-9,11,15H,3,6-7,10H2,(H,19,20). The molecule has 2 atom stereocenters. The van der Waals surface area contributed by atoms with E-state index in [0.717, 1.165) is 12.8 Å². The fourth-order valence-corrected chi connectivity index (χ4v) is 3.85. The van der Waals surface area contributed by atoms with Crippen molar-refractivity contribution < 1.29 is 9.90 Å². The normalized spacial score (nSPS) is 27.1. The maximum atomic E-state index is 11.3. The number of nitrogens with zero attached hydrogens (tertiary/aromatic N) is 1. The Morgan fingerprint density at radius 1 is 1.25 bits per heavy atom. The molecule has 1 aromatic carbocycles. The second-order valence-electron chi connectivity index (χ2n) is 5.82. The molecule has 3 heteroatoms. The minimum atomic E-state index is -0.723. The van der Waals surface area contributed by atoms with Gasteiger partial charge in [0.1, 0.15) is 0 Å². The van der Waals surface area contributed by atoms with E-state index in [9.17, 15) is 9.90 Å². The van der Waals surface area contributed by atoms with Gasteiger partial charge in [0.15, 0.2) is 0 Å². The van der Waals surface area contributed by atoms with Crippen LogP contribution < -0.4 is 10.4 Å². The number of fused-ring (bicyclic) bond motifs is 4. The van der Waals surface area contributed by atoms with Gasteiger partial charge in [-0.2, -0.15) is 0 Å². The number of benzene rings is 1. The molecule has 2 heterocycles. The molecule has 2 unspecified atom stereocenters. The number of hydrogen-bond donors (Lipinski definition) is 1. The third-order valence-electron chi connectivity index (χ3n) is 4.76. The lowest BCUT2D eigenvalue weighted by molar-refractivity contribution is -0.140. The summed E-state index contributed by atoms with van der Waals surface area (Å²) in [5.74, 6) is -1.11. The van der Waals surface area contributed by atoms with Gasteiger partial charge in [0, 0.05) is 17.5 Å². The van der Waals surface area contributed by atoms with E-state index in [1.54, 1.807) is 0 Å². The molecule has 0 amide bonds. The van der Waals surface area contributed by atoms with Crippen LogP contribution in [0.5, 0.6) is 0 Å². The predicted molar refractivity (Wildman–Crippen MR) is 77.1 cm³/mol. The molecule has 2 aliphatic heterocycles. The van der Waals surface area contributed by atoms with Gasteiger partial charge in [-0.25, -0.2) is 0 Å². The van der Waals surface area contributed by atoms with Crippen molar-refractivity contribution in [2.24, 2.45) is 5.92 Å². The molecule has 1 saturated carbocycles. The average molecular weight is 267 g/mol. The molecule has 102 valence electrons. The van der Waals surface area contributed by atoms with Gasteiger partial charge in [-0.05, 0) is 36.1 Å². The Bertz CT molecular complexity index is 732. The Morgan fingerprint density at radius 2 is 2.05 bits per heavy atom. The summed E-state index contributed by atoms with van der Waals surface area (Å²) in [4.78, 5) is 13.6. The number of carboxylic acid groups (broad SMARTS) is 1. The summed E-state index contributed by atoms with van der Waals surface area (Å²) in [5.41, 5.74) is 2.71. The maximum Gasteiger partial charge on any atom is 0.312 e. The van der Waals surface area contributed by atoms with E-state index in [2.05, 4.69) is 29.2 Å². The van der Waals surface area contributed by atoms with Crippen molar-refractivity contribution >= 4 is 17.2 Å². The van der Waals surface area contributed by atoms with Crippen molar-refractivity contribution in [2.45, 2.75) is 25.3 Å². The van der Waals surface area contributed by atoms with Crippen molar-refractivity contribution in [2.75, 3.05) is 6.54 Å². The highest BCUT2D eigenvalue weighted by Gasteiger charge is 2.35. The summed E-state index contributed by atoms with van der Waals surface area (Å²) in [5, 5.41) is 11.9. The highest BCUT2D eigenvalue weighted by atomic mass is 16.4. The zero-order valence-electron chi connectivity index (χ0n) is 11.2. The highest BCUT2D eigenvalue weighted by Crippen LogP contribution is 2.35. The van der Waals surface area contributed by atoms with Gasteiger partial charge in [-0.1, -0.05) is 30.3 Å². The fourth-order valence-electron chi connectivity index (χ4n) is 3.85. The first-order valence-corrected chi connectivity index (χ1v) is 7.26. The van der Waals surface area contributed by atoms with E-state index in [0.29, 0.717) is 12.6 Å². The van der Waals surface area contributed by atoms with E-state index in [1.807, 2.05) is 12.2 Å². The van der Waals surface area contributed by atoms with Crippen LogP contribution in [-0.2, 0) is 4.79 Å². The van der Waals surface area contributed by atoms with E-state index < -0.39 is 5.97 Å². The van der Waals surface area contributed by atoms with Crippen LogP contribution >= 0.6 is 0 Å². The van der Waals surface area contributed by atoms with E-state index >= 15 is 0 Å². The Kier molecular flexibility index (Phi) is 2.49. The number of aliphatic carboxylic acids is 1. The van der Waals surface area contributed by atoms with E-state index in [-0.39, 0.29) is 5.92 Å². The zero-order valence-corrected chi connectivity index (χ0v) is 11.2. The van der Waals surface area contributed by atoms with E-state index in [1.165, 1.54) is 28.1 Å². The van der Waals surface area contributed by atoms with Crippen LogP contribution in [0.3, 0.4) is 0 Å². The predicted octanol–water partition coefficient (Wildman–Crippen LogP) is 1.08. The first-order valence-electron chi connectivity index (χ1n) is 7.26. The summed E-state index contributed by atoms with van der Waals surface area (Å²) in [6.07, 6.45) is 7.35. The van der Waals surface area contributed by atoms with E-state index in [4.69, 9.17) is 0 Å². The van der Waals surface area contributed by atoms with Crippen molar-refractivity contribution in [3.05, 3.63) is 46.9 Å². The molecule has 1 aliphatic carbocycles. The Hall–Kier alpha value is -2.03. The number of carbonyl (C=O) groups is 1. The third-order valence-corrected chi connectivity index (χ3v) is 4.76. The third kappa shape index (κ3) is 1.56. The largest absolute Gasteiger partial charge is 0.481 e. The minimum absolute atomic E-state index is 0.383. The lowest BCUT2D eigenvalue weighted by Gasteiger charge is -2.39. The minimum Gasteiger partial charge on any atom is -0.481 e. The molecule has 1 aromatic rings. The number of carboxylic acids is 1. The Morgan fingerprint density at radius 3 is 2.85 bits per heavy atom. The van der Waals surface area contributed by atoms with Gasteiger partial charge in [0.25, 0.3) is 0 Å². The monoisotopic (exact) mass is 267 g/mol. The van der Waals surface area contributed by atoms with Crippen LogP contribution in [0, 0.1) is 5.92 Å². The van der Waals surface area contributed by atoms with Gasteiger partial charge in [0.05, 0.1) is 12.0 Å². The molecule has 1 fully saturated rings. The van der Waals surface area contributed by atoms with Crippen LogP contribution in [-0.4, -0.2) is 28.6 Å². The molecule has 0 aromatic heterocycles. The molecular weight excluding hydrogens is 250 g/mol. The number of hydrogen-bond acceptors (Lipinski definition) is 2. The van der Waals surface area contributed by atoms with Crippen LogP contribution in [0.4, 0.5) is 0 Å². The van der Waals surface area contributed by atoms with Crippen molar-refractivity contribution in [1.82, 2.24) is 4.90 Å². The molecule has 4 rings (SSSR count). The van der Waals surface area contributed by atoms with Crippen LogP contribution in [0.2, 0.25) is 0 Å². The molecule has 1 N–H and O–H groups in total. The summed E-state index contributed by atoms with van der Waals surface area (Å²) < 4.78 is 0. The molecule has 0 saturated heterocycles. The molecule has 3 nitrogen and oxygen atoms in total. The van der Waals surface area contributed by atoms with Crippen molar-refractivity contribution in [3.8, 4) is 0 Å². The van der Waals surface area contributed by atoms with Crippen LogP contribution in [0.1, 0.15) is 19.3 Å². The molecule has 0 radical (unpaired) electrons. The second-order valence-corrected chi connectivity index (χ2v) is 5.82. The van der Waals surface area contributed by atoms with Gasteiger partial charge < -0.3 is 10.0 Å². The first-order chi connectivity index (χ1) is 9.75. The summed E-state index contributed by atoms with van der Waals surface area (Å²) in [6.45, 7) is 0.601. The summed E-state index contributed by atoms with van der Waals surface area (Å²) >= 11 is 0. The average Bonchev–Trinajstić information content (AvgIpc) is 2.96. The van der Waals surface area contributed by atoms with Gasteiger partial charge in [-0.15, -0.1) is 0 Å². The molecule has 0 bridgehead atoms. The smallest absolute Gasteiger partial charge is 0.312 e. The lowest BCUT2D eigenvalue weighted by atomic mass is 9.93. The van der Waals surface area contributed by atoms with Crippen LogP contribution in [0.25, 0.3) is 11.3 Å². The molecule has 3 aliphatic rings. The zero-order chi connectivity index (χ0) is 13.7. The first kappa shape index (κ1) is 11.8. The lowest BCUT2D eigenvalue weighted by Crippen LogP contribution is -2.49. The fraction of sp³-hybridized carbons (Fsp3) is 0.353. The van der Waals surface area contributed by atoms with Gasteiger partial charge in [-0.3, -0.25) is 4.79 Å². The Balaban J connectivity index is 1.98. The SMILES string of the molecule is O=C(O)C1C=CC2=c3ccccc3=C3CCCC3N2C1. The number of rotatable bonds is 1. The van der Waals surface area contributed by atoms with Crippen molar-refractivity contribution in [3.63, 3.8) is 0 Å². The van der Waals surface area contributed by atoms with Crippen molar-refractivity contribution in [1.29, 1.82) is 0 Å². The Labute approximate surface area is 117 Å². The highest BCUT2D eigenvalue weighted by molar-refractivity contribution is 5.76. The molecule has 0 spiro atoms. The second kappa shape index (κ2) is 4.23. The summed E-state index contributed by atoms with van der Waals surface area (Å²) in [7, 11) is 0. The molecular formula is C17H17NO2.